The summed E-state index contributed by atoms with van der Waals surface area (Å²) < 4.78 is 26.9. The topological polar surface area (TPSA) is 82.6 Å². The molecule has 1 aromatic heterocycles. The number of hydrogen-bond donors (Lipinski definition) is 1. The lowest BCUT2D eigenvalue weighted by Crippen LogP contribution is -2.53. The molecule has 0 radical (unpaired) electrons. The average Bonchev–Trinajstić information content (AvgIpc) is 2.69. The van der Waals surface area contributed by atoms with E-state index in [2.05, 4.69) is 10.3 Å². The molecular formula is C18H20Cl2N4O3S. The fraction of sp³-hybridized carbons (Fsp3) is 0.333. The SMILES string of the molecule is CC(C(=O)Nc1cccnc1Cl)N1CCN(S(=O)(=O)c2ccc(Cl)cc2)CC1. The van der Waals surface area contributed by atoms with E-state index >= 15 is 0 Å². The summed E-state index contributed by atoms with van der Waals surface area (Å²) in [5.41, 5.74) is 0.449. The summed E-state index contributed by atoms with van der Waals surface area (Å²) in [5, 5.41) is 3.47. The Kier molecular flexibility index (Phi) is 6.57. The van der Waals surface area contributed by atoms with Gasteiger partial charge in [0.25, 0.3) is 0 Å². The zero-order valence-electron chi connectivity index (χ0n) is 15.2. The molecule has 0 spiro atoms. The van der Waals surface area contributed by atoms with Crippen molar-refractivity contribution in [1.82, 2.24) is 14.2 Å². The summed E-state index contributed by atoms with van der Waals surface area (Å²) in [6, 6.07) is 9.04. The van der Waals surface area contributed by atoms with Gasteiger partial charge in [-0.05, 0) is 43.3 Å². The number of nitrogens with zero attached hydrogens (tertiary/aromatic N) is 3. The first-order valence-electron chi connectivity index (χ1n) is 8.70. The molecule has 2 aromatic rings. The number of halogens is 2. The Bertz CT molecular complexity index is 946. The molecule has 10 heteroatoms. The van der Waals surface area contributed by atoms with Gasteiger partial charge in [0.05, 0.1) is 16.6 Å². The number of benzene rings is 1. The van der Waals surface area contributed by atoms with Crippen LogP contribution in [0.5, 0.6) is 0 Å². The van der Waals surface area contributed by atoms with E-state index in [0.29, 0.717) is 36.9 Å². The second-order valence-corrected chi connectivity index (χ2v) is 9.13. The maximum atomic E-state index is 12.8. The quantitative estimate of drug-likeness (QED) is 0.719. The molecule has 1 unspecified atom stereocenters. The van der Waals surface area contributed by atoms with Crippen molar-refractivity contribution in [2.24, 2.45) is 0 Å². The molecule has 1 aromatic carbocycles. The Labute approximate surface area is 174 Å². The van der Waals surface area contributed by atoms with Gasteiger partial charge in [-0.15, -0.1) is 0 Å². The van der Waals surface area contributed by atoms with Crippen LogP contribution in [0.25, 0.3) is 0 Å². The van der Waals surface area contributed by atoms with E-state index in [-0.39, 0.29) is 16.0 Å². The van der Waals surface area contributed by atoms with Gasteiger partial charge in [0.1, 0.15) is 0 Å². The lowest BCUT2D eigenvalue weighted by Gasteiger charge is -2.36. The lowest BCUT2D eigenvalue weighted by atomic mass is 10.2. The number of amides is 1. The van der Waals surface area contributed by atoms with E-state index in [9.17, 15) is 13.2 Å². The van der Waals surface area contributed by atoms with E-state index in [1.165, 1.54) is 16.4 Å². The highest BCUT2D eigenvalue weighted by atomic mass is 35.5. The number of aromatic nitrogens is 1. The molecule has 1 atom stereocenters. The van der Waals surface area contributed by atoms with Gasteiger partial charge >= 0.3 is 0 Å². The van der Waals surface area contributed by atoms with Gasteiger partial charge in [-0.3, -0.25) is 9.69 Å². The van der Waals surface area contributed by atoms with Crippen LogP contribution in [-0.4, -0.2) is 60.7 Å². The summed E-state index contributed by atoms with van der Waals surface area (Å²) in [4.78, 5) is 18.6. The smallest absolute Gasteiger partial charge is 0.243 e. The van der Waals surface area contributed by atoms with Crippen LogP contribution in [0.15, 0.2) is 47.5 Å². The molecule has 0 saturated carbocycles. The maximum absolute atomic E-state index is 12.8. The number of piperazine rings is 1. The zero-order valence-corrected chi connectivity index (χ0v) is 17.5. The summed E-state index contributed by atoms with van der Waals surface area (Å²) in [7, 11) is -3.58. The van der Waals surface area contributed by atoms with Gasteiger partial charge in [0.15, 0.2) is 5.15 Å². The predicted octanol–water partition coefficient (Wildman–Crippen LogP) is 2.72. The van der Waals surface area contributed by atoms with Crippen LogP contribution in [-0.2, 0) is 14.8 Å². The molecule has 2 heterocycles. The molecule has 1 aliphatic heterocycles. The molecule has 150 valence electrons. The van der Waals surface area contributed by atoms with Gasteiger partial charge in [-0.25, -0.2) is 13.4 Å². The highest BCUT2D eigenvalue weighted by molar-refractivity contribution is 7.89. The monoisotopic (exact) mass is 442 g/mol. The second kappa shape index (κ2) is 8.75. The van der Waals surface area contributed by atoms with Gasteiger partial charge in [0, 0.05) is 37.4 Å². The minimum absolute atomic E-state index is 0.211. The standard InChI is InChI=1S/C18H20Cl2N4O3S/c1-13(18(25)22-16-3-2-8-21-17(16)20)23-9-11-24(12-10-23)28(26,27)15-6-4-14(19)5-7-15/h2-8,13H,9-12H2,1H3,(H,22,25). The van der Waals surface area contributed by atoms with Crippen molar-refractivity contribution in [3.05, 3.63) is 52.8 Å². The molecule has 28 heavy (non-hydrogen) atoms. The van der Waals surface area contributed by atoms with Crippen LogP contribution in [0.4, 0.5) is 5.69 Å². The van der Waals surface area contributed by atoms with Crippen molar-refractivity contribution in [3.63, 3.8) is 0 Å². The Morgan fingerprint density at radius 3 is 2.36 bits per heavy atom. The Hall–Kier alpha value is -1.71. The summed E-state index contributed by atoms with van der Waals surface area (Å²) in [6.07, 6.45) is 1.54. The first-order valence-corrected chi connectivity index (χ1v) is 10.9. The van der Waals surface area contributed by atoms with Crippen molar-refractivity contribution in [3.8, 4) is 0 Å². The number of pyridine rings is 1. The van der Waals surface area contributed by atoms with E-state index < -0.39 is 16.1 Å². The number of carbonyl (C=O) groups is 1. The number of carbonyl (C=O) groups excluding carboxylic acids is 1. The number of hydrogen-bond acceptors (Lipinski definition) is 5. The zero-order chi connectivity index (χ0) is 20.3. The van der Waals surface area contributed by atoms with Crippen LogP contribution < -0.4 is 5.32 Å². The van der Waals surface area contributed by atoms with Crippen molar-refractivity contribution in [2.45, 2.75) is 17.9 Å². The molecule has 3 rings (SSSR count). The Balaban J connectivity index is 1.60. The van der Waals surface area contributed by atoms with E-state index in [1.807, 2.05) is 4.90 Å². The first kappa shape index (κ1) is 21.0. The number of anilines is 1. The van der Waals surface area contributed by atoms with Crippen LogP contribution in [0.1, 0.15) is 6.92 Å². The van der Waals surface area contributed by atoms with Crippen LogP contribution >= 0.6 is 23.2 Å². The van der Waals surface area contributed by atoms with Gasteiger partial charge < -0.3 is 5.32 Å². The molecule has 1 aliphatic rings. The van der Waals surface area contributed by atoms with Gasteiger partial charge in [0.2, 0.25) is 15.9 Å². The normalized spacial score (nSPS) is 17.2. The van der Waals surface area contributed by atoms with E-state index in [0.717, 1.165) is 0 Å². The van der Waals surface area contributed by atoms with Crippen molar-refractivity contribution in [2.75, 3.05) is 31.5 Å². The summed E-state index contributed by atoms with van der Waals surface area (Å²) in [5.74, 6) is -0.219. The third-order valence-corrected chi connectivity index (χ3v) is 7.13. The van der Waals surface area contributed by atoms with Crippen LogP contribution in [0.3, 0.4) is 0 Å². The van der Waals surface area contributed by atoms with Crippen molar-refractivity contribution in [1.29, 1.82) is 0 Å². The third kappa shape index (κ3) is 4.64. The second-order valence-electron chi connectivity index (χ2n) is 6.40. The van der Waals surface area contributed by atoms with Crippen LogP contribution in [0, 0.1) is 0 Å². The molecule has 0 bridgehead atoms. The highest BCUT2D eigenvalue weighted by Gasteiger charge is 2.31. The van der Waals surface area contributed by atoms with Crippen molar-refractivity contribution >= 4 is 44.8 Å². The molecule has 1 amide bonds. The fourth-order valence-corrected chi connectivity index (χ4v) is 4.68. The molecule has 7 nitrogen and oxygen atoms in total. The molecule has 1 N–H and O–H groups in total. The minimum Gasteiger partial charge on any atom is -0.322 e. The van der Waals surface area contributed by atoms with Crippen molar-refractivity contribution < 1.29 is 13.2 Å². The number of nitrogens with one attached hydrogen (secondary N) is 1. The Morgan fingerprint density at radius 1 is 1.11 bits per heavy atom. The molecule has 0 aliphatic carbocycles. The largest absolute Gasteiger partial charge is 0.322 e. The minimum atomic E-state index is -3.58. The third-order valence-electron chi connectivity index (χ3n) is 4.67. The molecule has 1 saturated heterocycles. The van der Waals surface area contributed by atoms with Gasteiger partial charge in [-0.2, -0.15) is 4.31 Å². The average molecular weight is 443 g/mol. The number of sulfonamides is 1. The summed E-state index contributed by atoms with van der Waals surface area (Å²) in [6.45, 7) is 3.28. The van der Waals surface area contributed by atoms with Gasteiger partial charge in [-0.1, -0.05) is 23.2 Å². The number of rotatable bonds is 5. The maximum Gasteiger partial charge on any atom is 0.243 e. The van der Waals surface area contributed by atoms with E-state index in [4.69, 9.17) is 23.2 Å². The molecular weight excluding hydrogens is 423 g/mol. The predicted molar refractivity (Wildman–Crippen MR) is 109 cm³/mol. The highest BCUT2D eigenvalue weighted by Crippen LogP contribution is 2.21. The fourth-order valence-electron chi connectivity index (χ4n) is 2.97. The van der Waals surface area contributed by atoms with E-state index in [1.54, 1.807) is 37.4 Å². The summed E-state index contributed by atoms with van der Waals surface area (Å²) >= 11 is 11.8. The lowest BCUT2D eigenvalue weighted by molar-refractivity contribution is -0.121. The molecule has 1 fully saturated rings. The van der Waals surface area contributed by atoms with Crippen LogP contribution in [0.2, 0.25) is 10.2 Å². The Morgan fingerprint density at radius 2 is 1.75 bits per heavy atom. The first-order chi connectivity index (χ1) is 13.3.